The highest BCUT2D eigenvalue weighted by Gasteiger charge is 2.11. The lowest BCUT2D eigenvalue weighted by Crippen LogP contribution is -2.06. The number of hydrogen-bond donors (Lipinski definition) is 3. The fourth-order valence-electron chi connectivity index (χ4n) is 2.04. The van der Waals surface area contributed by atoms with E-state index in [1.807, 2.05) is 0 Å². The summed E-state index contributed by atoms with van der Waals surface area (Å²) in [6, 6.07) is 9.89. The van der Waals surface area contributed by atoms with Crippen LogP contribution in [0.25, 0.3) is 10.9 Å². The molecule has 0 amide bonds. The summed E-state index contributed by atoms with van der Waals surface area (Å²) in [6.45, 7) is 0. The van der Waals surface area contributed by atoms with Crippen molar-refractivity contribution >= 4 is 39.6 Å². The third-order valence-electron chi connectivity index (χ3n) is 3.07. The minimum absolute atomic E-state index is 0.0529. The van der Waals surface area contributed by atoms with Crippen molar-refractivity contribution in [2.45, 2.75) is 0 Å². The van der Waals surface area contributed by atoms with Crippen LogP contribution < -0.4 is 5.32 Å². The monoisotopic (exact) mass is 332 g/mol. The van der Waals surface area contributed by atoms with Crippen LogP contribution >= 0.6 is 12.2 Å². The lowest BCUT2D eigenvalue weighted by molar-refractivity contribution is 0.459. The van der Waals surface area contributed by atoms with E-state index >= 15 is 0 Å². The van der Waals surface area contributed by atoms with Crippen molar-refractivity contribution in [2.24, 2.45) is 10.2 Å². The number of benzene rings is 2. The second-order valence-corrected chi connectivity index (χ2v) is 5.01. The molecule has 2 aromatic carbocycles. The molecule has 0 aliphatic rings. The molecule has 23 heavy (non-hydrogen) atoms. The van der Waals surface area contributed by atoms with Gasteiger partial charge in [0, 0.05) is 5.39 Å². The Morgan fingerprint density at radius 1 is 1.17 bits per heavy atom. The van der Waals surface area contributed by atoms with Crippen LogP contribution in [-0.2, 0) is 0 Å². The minimum atomic E-state index is -0.484. The van der Waals surface area contributed by atoms with Gasteiger partial charge in [0.2, 0.25) is 11.0 Å². The Labute approximate surface area is 134 Å². The van der Waals surface area contributed by atoms with Gasteiger partial charge in [-0.3, -0.25) is 0 Å². The molecule has 0 radical (unpaired) electrons. The maximum Gasteiger partial charge on any atom is 0.218 e. The summed E-state index contributed by atoms with van der Waals surface area (Å²) >= 11 is 4.96. The number of azo groups is 1. The Morgan fingerprint density at radius 3 is 2.74 bits per heavy atom. The SMILES string of the molecule is Oc1[nH]c2ccc(F)cc2c1N=NC(=S)Nc1ccccc1F. The fraction of sp³-hybridized carbons (Fsp3) is 0. The summed E-state index contributed by atoms with van der Waals surface area (Å²) in [6.07, 6.45) is 0. The van der Waals surface area contributed by atoms with Gasteiger partial charge in [0.05, 0.1) is 11.2 Å². The van der Waals surface area contributed by atoms with E-state index in [9.17, 15) is 13.9 Å². The Balaban J connectivity index is 1.85. The van der Waals surface area contributed by atoms with Crippen molar-refractivity contribution in [1.29, 1.82) is 0 Å². The summed E-state index contributed by atoms with van der Waals surface area (Å²) in [5.74, 6) is -1.22. The molecule has 0 unspecified atom stereocenters. The Kier molecular flexibility index (Phi) is 3.98. The number of hydrogen-bond acceptors (Lipinski definition) is 3. The summed E-state index contributed by atoms with van der Waals surface area (Å²) in [4.78, 5) is 2.65. The highest BCUT2D eigenvalue weighted by Crippen LogP contribution is 2.35. The summed E-state index contributed by atoms with van der Waals surface area (Å²) in [5, 5.41) is 20.2. The molecule has 116 valence electrons. The zero-order valence-corrected chi connectivity index (χ0v) is 12.4. The molecule has 3 rings (SSSR count). The summed E-state index contributed by atoms with van der Waals surface area (Å²) < 4.78 is 26.8. The number of nitrogens with zero attached hydrogens (tertiary/aromatic N) is 2. The second-order valence-electron chi connectivity index (χ2n) is 4.62. The Morgan fingerprint density at radius 2 is 1.96 bits per heavy atom. The van der Waals surface area contributed by atoms with Gasteiger partial charge in [-0.05, 0) is 42.5 Å². The summed E-state index contributed by atoms with van der Waals surface area (Å²) in [5.41, 5.74) is 0.716. The van der Waals surface area contributed by atoms with E-state index in [0.717, 1.165) is 0 Å². The van der Waals surface area contributed by atoms with Gasteiger partial charge in [-0.15, -0.1) is 10.2 Å². The first-order chi connectivity index (χ1) is 11.0. The zero-order chi connectivity index (χ0) is 16.4. The molecule has 0 atom stereocenters. The van der Waals surface area contributed by atoms with E-state index in [2.05, 4.69) is 20.5 Å². The molecule has 1 aromatic heterocycles. The molecule has 5 nitrogen and oxygen atoms in total. The van der Waals surface area contributed by atoms with Gasteiger partial charge in [-0.25, -0.2) is 8.78 Å². The molecule has 8 heteroatoms. The third kappa shape index (κ3) is 3.16. The van der Waals surface area contributed by atoms with Crippen LogP contribution in [0.15, 0.2) is 52.7 Å². The lowest BCUT2D eigenvalue weighted by atomic mass is 10.2. The molecule has 0 aliphatic heterocycles. The number of fused-ring (bicyclic) bond motifs is 1. The van der Waals surface area contributed by atoms with Crippen LogP contribution in [0.4, 0.5) is 20.2 Å². The van der Waals surface area contributed by atoms with E-state index in [-0.39, 0.29) is 22.4 Å². The highest BCUT2D eigenvalue weighted by molar-refractivity contribution is 7.80. The number of aromatic nitrogens is 1. The number of halogens is 2. The van der Waals surface area contributed by atoms with Gasteiger partial charge in [0.15, 0.2) is 5.69 Å². The van der Waals surface area contributed by atoms with E-state index in [1.165, 1.54) is 30.3 Å². The predicted octanol–water partition coefficient (Wildman–Crippen LogP) is 4.63. The molecule has 3 aromatic rings. The first kappa shape index (κ1) is 15.0. The maximum absolute atomic E-state index is 13.5. The molecule has 1 heterocycles. The van der Waals surface area contributed by atoms with E-state index in [1.54, 1.807) is 12.1 Å². The van der Waals surface area contributed by atoms with Crippen LogP contribution in [0.3, 0.4) is 0 Å². The number of H-pyrrole nitrogens is 1. The molecule has 0 spiro atoms. The molecule has 0 bridgehead atoms. The highest BCUT2D eigenvalue weighted by atomic mass is 32.1. The molecule has 3 N–H and O–H groups in total. The third-order valence-corrected chi connectivity index (χ3v) is 3.25. The average molecular weight is 332 g/mol. The molecule has 0 saturated heterocycles. The zero-order valence-electron chi connectivity index (χ0n) is 11.5. The van der Waals surface area contributed by atoms with Crippen molar-refractivity contribution in [2.75, 3.05) is 5.32 Å². The van der Waals surface area contributed by atoms with Crippen molar-refractivity contribution in [3.8, 4) is 5.88 Å². The molecule has 0 fully saturated rings. The number of aromatic hydroxyl groups is 1. The van der Waals surface area contributed by atoms with Gasteiger partial charge < -0.3 is 15.4 Å². The Hall–Kier alpha value is -2.87. The van der Waals surface area contributed by atoms with Crippen molar-refractivity contribution in [3.05, 3.63) is 54.1 Å². The lowest BCUT2D eigenvalue weighted by Gasteiger charge is -2.03. The standard InChI is InChI=1S/C15H10F2N4OS/c16-8-5-6-11-9(7-8)13(14(22)18-11)20-21-15(23)19-12-4-2-1-3-10(12)17/h1-7,18,22H,(H,19,23). The van der Waals surface area contributed by atoms with Gasteiger partial charge >= 0.3 is 0 Å². The van der Waals surface area contributed by atoms with Crippen LogP contribution in [-0.4, -0.2) is 15.2 Å². The first-order valence-corrected chi connectivity index (χ1v) is 6.93. The van der Waals surface area contributed by atoms with Gasteiger partial charge in [-0.1, -0.05) is 12.1 Å². The number of thiocarbonyl (C=S) groups is 1. The second kappa shape index (κ2) is 6.09. The van der Waals surface area contributed by atoms with E-state index < -0.39 is 11.6 Å². The van der Waals surface area contributed by atoms with Gasteiger partial charge in [-0.2, -0.15) is 0 Å². The van der Waals surface area contributed by atoms with Crippen molar-refractivity contribution in [3.63, 3.8) is 0 Å². The van der Waals surface area contributed by atoms with Crippen LogP contribution in [0.1, 0.15) is 0 Å². The first-order valence-electron chi connectivity index (χ1n) is 6.52. The largest absolute Gasteiger partial charge is 0.493 e. The van der Waals surface area contributed by atoms with Crippen LogP contribution in [0.5, 0.6) is 5.88 Å². The fourth-order valence-corrected chi connectivity index (χ4v) is 2.19. The average Bonchev–Trinajstić information content (AvgIpc) is 2.82. The van der Waals surface area contributed by atoms with E-state index in [4.69, 9.17) is 12.2 Å². The molecular weight excluding hydrogens is 322 g/mol. The maximum atomic E-state index is 13.5. The molecule has 0 aliphatic carbocycles. The number of aromatic amines is 1. The Bertz CT molecular complexity index is 923. The van der Waals surface area contributed by atoms with E-state index in [0.29, 0.717) is 10.9 Å². The quantitative estimate of drug-likeness (QED) is 0.473. The van der Waals surface area contributed by atoms with Crippen molar-refractivity contribution < 1.29 is 13.9 Å². The minimum Gasteiger partial charge on any atom is -0.493 e. The predicted molar refractivity (Wildman–Crippen MR) is 87.1 cm³/mol. The summed E-state index contributed by atoms with van der Waals surface area (Å²) in [7, 11) is 0. The van der Waals surface area contributed by atoms with Gasteiger partial charge in [0.1, 0.15) is 11.6 Å². The number of para-hydroxylation sites is 1. The molecule has 0 saturated carbocycles. The number of nitrogens with one attached hydrogen (secondary N) is 2. The van der Waals surface area contributed by atoms with Crippen LogP contribution in [0, 0.1) is 11.6 Å². The van der Waals surface area contributed by atoms with Crippen LogP contribution in [0.2, 0.25) is 0 Å². The number of rotatable bonds is 2. The topological polar surface area (TPSA) is 72.8 Å². The smallest absolute Gasteiger partial charge is 0.218 e. The normalized spacial score (nSPS) is 11.2. The number of anilines is 1. The van der Waals surface area contributed by atoms with Gasteiger partial charge in [0.25, 0.3) is 0 Å². The van der Waals surface area contributed by atoms with Crippen molar-refractivity contribution in [1.82, 2.24) is 4.98 Å². The molecular formula is C15H10F2N4OS.